The third-order valence-corrected chi connectivity index (χ3v) is 3.57. The molecule has 0 radical (unpaired) electrons. The fraction of sp³-hybridized carbons (Fsp3) is 0.278. The van der Waals surface area contributed by atoms with Crippen molar-refractivity contribution >= 4 is 5.91 Å². The molecule has 22 heavy (non-hydrogen) atoms. The molecule has 0 aromatic heterocycles. The molecule has 4 nitrogen and oxygen atoms in total. The number of nitrogens with one attached hydrogen (secondary N) is 1. The maximum atomic E-state index is 11.2. The van der Waals surface area contributed by atoms with Gasteiger partial charge >= 0.3 is 0 Å². The van der Waals surface area contributed by atoms with Gasteiger partial charge in [0.15, 0.2) is 0 Å². The molecule has 0 aliphatic heterocycles. The first-order valence-electron chi connectivity index (χ1n) is 7.49. The molecule has 2 aromatic carbocycles. The van der Waals surface area contributed by atoms with Crippen LogP contribution in [-0.2, 0) is 29.0 Å². The van der Waals surface area contributed by atoms with Crippen molar-refractivity contribution in [3.8, 4) is 0 Å². The average Bonchev–Trinajstić information content (AvgIpc) is 2.54. The quantitative estimate of drug-likeness (QED) is 0.446. The summed E-state index contributed by atoms with van der Waals surface area (Å²) in [5, 5.41) is 8.13. The van der Waals surface area contributed by atoms with Crippen LogP contribution in [0.3, 0.4) is 0 Å². The molecule has 0 spiro atoms. The van der Waals surface area contributed by atoms with Crippen molar-refractivity contribution in [3.63, 3.8) is 0 Å². The standard InChI is InChI=1S/C18H21NO3/c20-18(19-22-21)14-17-12-10-16(11-13-17)9-5-4-8-15-6-2-1-3-7-15/h1-3,6-7,10-13,21H,4-5,8-9,14H2,(H,19,20). The summed E-state index contributed by atoms with van der Waals surface area (Å²) < 4.78 is 0. The monoisotopic (exact) mass is 299 g/mol. The average molecular weight is 299 g/mol. The molecule has 0 bridgehead atoms. The lowest BCUT2D eigenvalue weighted by atomic mass is 10.0. The molecule has 0 atom stereocenters. The normalized spacial score (nSPS) is 10.4. The Bertz CT molecular complexity index is 567. The summed E-state index contributed by atoms with van der Waals surface area (Å²) in [7, 11) is 0. The molecular weight excluding hydrogens is 278 g/mol. The summed E-state index contributed by atoms with van der Waals surface area (Å²) in [5.74, 6) is -0.377. The van der Waals surface area contributed by atoms with Gasteiger partial charge in [-0.2, -0.15) is 0 Å². The summed E-state index contributed by atoms with van der Waals surface area (Å²) in [5.41, 5.74) is 5.43. The minimum absolute atomic E-state index is 0.189. The Hall–Kier alpha value is -2.17. The summed E-state index contributed by atoms with van der Waals surface area (Å²) in [4.78, 5) is 14.8. The van der Waals surface area contributed by atoms with Crippen LogP contribution in [0.15, 0.2) is 54.6 Å². The molecule has 1 amide bonds. The Morgan fingerprint density at radius 1 is 0.864 bits per heavy atom. The van der Waals surface area contributed by atoms with Gasteiger partial charge in [-0.3, -0.25) is 4.79 Å². The van der Waals surface area contributed by atoms with E-state index in [0.29, 0.717) is 0 Å². The van der Waals surface area contributed by atoms with Crippen LogP contribution < -0.4 is 5.48 Å². The second-order valence-corrected chi connectivity index (χ2v) is 5.30. The number of carbonyl (C=O) groups excluding carboxylic acids is 1. The van der Waals surface area contributed by atoms with Crippen molar-refractivity contribution in [2.24, 2.45) is 0 Å². The van der Waals surface area contributed by atoms with Crippen LogP contribution in [0.4, 0.5) is 0 Å². The first kappa shape index (κ1) is 16.2. The molecule has 0 aliphatic rings. The molecule has 2 N–H and O–H groups in total. The number of amides is 1. The van der Waals surface area contributed by atoms with Crippen molar-refractivity contribution in [2.75, 3.05) is 0 Å². The molecule has 116 valence electrons. The maximum absolute atomic E-state index is 11.2. The van der Waals surface area contributed by atoms with Crippen LogP contribution in [-0.4, -0.2) is 11.2 Å². The first-order valence-corrected chi connectivity index (χ1v) is 7.49. The van der Waals surface area contributed by atoms with Gasteiger partial charge in [0.05, 0.1) is 6.42 Å². The van der Waals surface area contributed by atoms with Gasteiger partial charge in [0.25, 0.3) is 0 Å². The van der Waals surface area contributed by atoms with Gasteiger partial charge in [-0.05, 0) is 42.4 Å². The van der Waals surface area contributed by atoms with E-state index in [9.17, 15) is 4.79 Å². The first-order chi connectivity index (χ1) is 10.8. The predicted molar refractivity (Wildman–Crippen MR) is 85.1 cm³/mol. The zero-order chi connectivity index (χ0) is 15.6. The van der Waals surface area contributed by atoms with Gasteiger partial charge in [-0.25, -0.2) is 10.7 Å². The zero-order valence-corrected chi connectivity index (χ0v) is 12.5. The molecule has 2 aromatic rings. The fourth-order valence-corrected chi connectivity index (χ4v) is 2.40. The Kier molecular flexibility index (Phi) is 6.61. The Morgan fingerprint density at radius 2 is 1.41 bits per heavy atom. The molecule has 0 heterocycles. The van der Waals surface area contributed by atoms with Crippen LogP contribution in [0.1, 0.15) is 29.5 Å². The van der Waals surface area contributed by atoms with Gasteiger partial charge in [0.1, 0.15) is 0 Å². The van der Waals surface area contributed by atoms with E-state index in [2.05, 4.69) is 29.3 Å². The molecule has 0 fully saturated rings. The number of benzene rings is 2. The molecule has 0 saturated heterocycles. The van der Waals surface area contributed by atoms with Crippen molar-refractivity contribution in [2.45, 2.75) is 32.1 Å². The Labute approximate surface area is 130 Å². The van der Waals surface area contributed by atoms with Crippen LogP contribution in [0, 0.1) is 0 Å². The van der Waals surface area contributed by atoms with Crippen molar-refractivity contribution in [1.82, 2.24) is 5.48 Å². The van der Waals surface area contributed by atoms with Gasteiger partial charge in [-0.15, -0.1) is 4.99 Å². The highest BCUT2D eigenvalue weighted by atomic mass is 17.2. The van der Waals surface area contributed by atoms with E-state index in [1.165, 1.54) is 17.5 Å². The lowest BCUT2D eigenvalue weighted by Crippen LogP contribution is -2.23. The van der Waals surface area contributed by atoms with Crippen molar-refractivity contribution in [1.29, 1.82) is 0 Å². The summed E-state index contributed by atoms with van der Waals surface area (Å²) in [6.45, 7) is 0. The smallest absolute Gasteiger partial charge is 0.250 e. The second kappa shape index (κ2) is 8.97. The van der Waals surface area contributed by atoms with Gasteiger partial charge < -0.3 is 0 Å². The lowest BCUT2D eigenvalue weighted by Gasteiger charge is -2.05. The van der Waals surface area contributed by atoms with Crippen LogP contribution >= 0.6 is 0 Å². The van der Waals surface area contributed by atoms with Crippen LogP contribution in [0.2, 0.25) is 0 Å². The summed E-state index contributed by atoms with van der Waals surface area (Å²) in [6.07, 6.45) is 4.66. The predicted octanol–water partition coefficient (Wildman–Crippen LogP) is 3.32. The molecule has 0 unspecified atom stereocenters. The fourth-order valence-electron chi connectivity index (χ4n) is 2.40. The van der Waals surface area contributed by atoms with Crippen molar-refractivity contribution in [3.05, 3.63) is 71.3 Å². The number of hydroxylamine groups is 1. The lowest BCUT2D eigenvalue weighted by molar-refractivity contribution is -0.284. The topological polar surface area (TPSA) is 58.6 Å². The second-order valence-electron chi connectivity index (χ2n) is 5.30. The number of aryl methyl sites for hydroxylation is 2. The minimum atomic E-state index is -0.377. The van der Waals surface area contributed by atoms with E-state index in [4.69, 9.17) is 5.26 Å². The van der Waals surface area contributed by atoms with E-state index in [-0.39, 0.29) is 12.3 Å². The highest BCUT2D eigenvalue weighted by molar-refractivity contribution is 5.77. The van der Waals surface area contributed by atoms with E-state index < -0.39 is 0 Å². The minimum Gasteiger partial charge on any atom is -0.272 e. The van der Waals surface area contributed by atoms with Crippen LogP contribution in [0.5, 0.6) is 0 Å². The highest BCUT2D eigenvalue weighted by Crippen LogP contribution is 2.11. The molecule has 4 heteroatoms. The number of hydrogen-bond acceptors (Lipinski definition) is 3. The summed E-state index contributed by atoms with van der Waals surface area (Å²) >= 11 is 0. The summed E-state index contributed by atoms with van der Waals surface area (Å²) in [6, 6.07) is 18.5. The third-order valence-electron chi connectivity index (χ3n) is 3.57. The highest BCUT2D eigenvalue weighted by Gasteiger charge is 2.03. The molecule has 2 rings (SSSR count). The number of unbranched alkanes of at least 4 members (excludes halogenated alkanes) is 1. The molecule has 0 aliphatic carbocycles. The van der Waals surface area contributed by atoms with Gasteiger partial charge in [0, 0.05) is 0 Å². The Morgan fingerprint density at radius 3 is 2.00 bits per heavy atom. The van der Waals surface area contributed by atoms with Gasteiger partial charge in [-0.1, -0.05) is 54.6 Å². The van der Waals surface area contributed by atoms with E-state index in [1.807, 2.05) is 35.8 Å². The van der Waals surface area contributed by atoms with E-state index >= 15 is 0 Å². The molecule has 0 saturated carbocycles. The zero-order valence-electron chi connectivity index (χ0n) is 12.5. The number of rotatable bonds is 8. The van der Waals surface area contributed by atoms with E-state index in [0.717, 1.165) is 24.8 Å². The third kappa shape index (κ3) is 5.68. The number of hydrogen-bond donors (Lipinski definition) is 2. The van der Waals surface area contributed by atoms with Crippen LogP contribution in [0.25, 0.3) is 0 Å². The Balaban J connectivity index is 1.71. The van der Waals surface area contributed by atoms with E-state index in [1.54, 1.807) is 0 Å². The van der Waals surface area contributed by atoms with Gasteiger partial charge in [0.2, 0.25) is 5.91 Å². The number of carbonyl (C=O) groups is 1. The SMILES string of the molecule is O=C(Cc1ccc(CCCCc2ccccc2)cc1)NOO. The largest absolute Gasteiger partial charge is 0.272 e. The molecular formula is C18H21NO3. The van der Waals surface area contributed by atoms with Crippen molar-refractivity contribution < 1.29 is 15.0 Å². The maximum Gasteiger partial charge on any atom is 0.250 e.